The zero-order valence-electron chi connectivity index (χ0n) is 11.2. The molecule has 0 fully saturated rings. The van der Waals surface area contributed by atoms with Crippen molar-refractivity contribution in [2.45, 2.75) is 32.7 Å². The van der Waals surface area contributed by atoms with Crippen molar-refractivity contribution in [2.75, 3.05) is 20.3 Å². The molecule has 0 amide bonds. The molecule has 0 spiro atoms. The van der Waals surface area contributed by atoms with E-state index in [2.05, 4.69) is 5.32 Å². The largest absolute Gasteiger partial charge is 0.381 e. The van der Waals surface area contributed by atoms with Crippen LogP contribution >= 0.6 is 0 Å². The lowest BCUT2D eigenvalue weighted by molar-refractivity contribution is 0.124. The molecule has 1 aromatic rings. The molecule has 0 aliphatic rings. The number of hydrogen-bond acceptors (Lipinski definition) is 2. The van der Waals surface area contributed by atoms with E-state index in [1.165, 1.54) is 12.1 Å². The molecule has 0 aliphatic carbocycles. The van der Waals surface area contributed by atoms with E-state index < -0.39 is 11.6 Å². The molecule has 0 heterocycles. The molecule has 2 nitrogen and oxygen atoms in total. The minimum Gasteiger partial charge on any atom is -0.381 e. The second kappa shape index (κ2) is 7.44. The van der Waals surface area contributed by atoms with E-state index in [-0.39, 0.29) is 11.6 Å². The summed E-state index contributed by atoms with van der Waals surface area (Å²) in [6.45, 7) is 4.83. The molecule has 0 aromatic heterocycles. The topological polar surface area (TPSA) is 21.3 Å². The first-order chi connectivity index (χ1) is 8.61. The zero-order valence-corrected chi connectivity index (χ0v) is 11.2. The molecule has 18 heavy (non-hydrogen) atoms. The molecule has 0 saturated heterocycles. The molecular formula is C14H21F2NO. The van der Waals surface area contributed by atoms with Crippen LogP contribution in [0.3, 0.4) is 0 Å². The summed E-state index contributed by atoms with van der Waals surface area (Å²) in [5.74, 6) is -0.974. The van der Waals surface area contributed by atoms with Crippen LogP contribution in [0.1, 0.15) is 36.9 Å². The fourth-order valence-electron chi connectivity index (χ4n) is 1.88. The van der Waals surface area contributed by atoms with Gasteiger partial charge >= 0.3 is 0 Å². The van der Waals surface area contributed by atoms with Gasteiger partial charge in [-0.3, -0.25) is 0 Å². The van der Waals surface area contributed by atoms with Gasteiger partial charge in [-0.05, 0) is 38.4 Å². The summed E-state index contributed by atoms with van der Waals surface area (Å²) in [6.07, 6.45) is 1.49. The molecule has 1 N–H and O–H groups in total. The quantitative estimate of drug-likeness (QED) is 0.756. The van der Waals surface area contributed by atoms with E-state index in [0.29, 0.717) is 25.2 Å². The van der Waals surface area contributed by atoms with Crippen LogP contribution in [0.4, 0.5) is 8.78 Å². The maximum atomic E-state index is 14.0. The van der Waals surface area contributed by atoms with Crippen molar-refractivity contribution in [3.8, 4) is 0 Å². The van der Waals surface area contributed by atoms with E-state index in [1.807, 2.05) is 6.92 Å². The molecule has 4 heteroatoms. The Kier molecular flexibility index (Phi) is 6.22. The van der Waals surface area contributed by atoms with Crippen LogP contribution in [0.5, 0.6) is 0 Å². The Hall–Kier alpha value is -1.00. The molecular weight excluding hydrogens is 236 g/mol. The minimum absolute atomic E-state index is 0.109. The van der Waals surface area contributed by atoms with Gasteiger partial charge in [-0.15, -0.1) is 0 Å². The summed E-state index contributed by atoms with van der Waals surface area (Å²) < 4.78 is 33.0. The lowest BCUT2D eigenvalue weighted by atomic mass is 10.0. The molecule has 1 rings (SSSR count). The number of halogens is 2. The van der Waals surface area contributed by atoms with Crippen LogP contribution in [0.15, 0.2) is 12.1 Å². The number of aryl methyl sites for hydroxylation is 1. The van der Waals surface area contributed by atoms with Gasteiger partial charge in [-0.1, -0.05) is 13.0 Å². The zero-order chi connectivity index (χ0) is 13.5. The van der Waals surface area contributed by atoms with Crippen molar-refractivity contribution >= 4 is 0 Å². The van der Waals surface area contributed by atoms with Crippen LogP contribution in [0.25, 0.3) is 0 Å². The first-order valence-corrected chi connectivity index (χ1v) is 6.31. The van der Waals surface area contributed by atoms with Gasteiger partial charge in [0, 0.05) is 24.8 Å². The van der Waals surface area contributed by atoms with Gasteiger partial charge in [0.15, 0.2) is 0 Å². The van der Waals surface area contributed by atoms with Crippen molar-refractivity contribution in [2.24, 2.45) is 0 Å². The average molecular weight is 257 g/mol. The third kappa shape index (κ3) is 3.75. The van der Waals surface area contributed by atoms with Crippen LogP contribution in [0, 0.1) is 18.6 Å². The number of ether oxygens (including phenoxy) is 1. The number of benzene rings is 1. The lowest BCUT2D eigenvalue weighted by Crippen LogP contribution is -2.21. The molecule has 0 radical (unpaired) electrons. The second-order valence-corrected chi connectivity index (χ2v) is 4.33. The van der Waals surface area contributed by atoms with Gasteiger partial charge in [-0.25, -0.2) is 8.78 Å². The highest BCUT2D eigenvalue weighted by Gasteiger charge is 2.19. The summed E-state index contributed by atoms with van der Waals surface area (Å²) in [6, 6.07) is 2.40. The predicted molar refractivity (Wildman–Crippen MR) is 68.6 cm³/mol. The van der Waals surface area contributed by atoms with Crippen LogP contribution < -0.4 is 5.32 Å². The van der Waals surface area contributed by atoms with Crippen LogP contribution in [0.2, 0.25) is 0 Å². The van der Waals surface area contributed by atoms with Crippen molar-refractivity contribution < 1.29 is 13.5 Å². The van der Waals surface area contributed by atoms with E-state index in [0.717, 1.165) is 6.42 Å². The molecule has 1 atom stereocenters. The van der Waals surface area contributed by atoms with Crippen molar-refractivity contribution in [1.29, 1.82) is 0 Å². The van der Waals surface area contributed by atoms with Gasteiger partial charge in [0.1, 0.15) is 11.6 Å². The summed E-state index contributed by atoms with van der Waals surface area (Å²) in [5.41, 5.74) is 0.568. The van der Waals surface area contributed by atoms with Crippen molar-refractivity contribution in [1.82, 2.24) is 5.32 Å². The summed E-state index contributed by atoms with van der Waals surface area (Å²) in [7, 11) is 1.70. The molecule has 0 saturated carbocycles. The maximum absolute atomic E-state index is 14.0. The van der Waals surface area contributed by atoms with Crippen molar-refractivity contribution in [3.63, 3.8) is 0 Å². The Morgan fingerprint density at radius 2 is 2.00 bits per heavy atom. The van der Waals surface area contributed by atoms with Gasteiger partial charge in [0.05, 0.1) is 0 Å². The Bertz CT molecular complexity index is 382. The smallest absolute Gasteiger partial charge is 0.133 e. The highest BCUT2D eigenvalue weighted by Crippen LogP contribution is 2.25. The predicted octanol–water partition coefficient (Wildman–Crippen LogP) is 3.35. The molecule has 0 bridgehead atoms. The average Bonchev–Trinajstić information content (AvgIpc) is 2.37. The van der Waals surface area contributed by atoms with Gasteiger partial charge < -0.3 is 10.1 Å². The van der Waals surface area contributed by atoms with Crippen molar-refractivity contribution in [3.05, 3.63) is 34.9 Å². The van der Waals surface area contributed by atoms with Gasteiger partial charge in [0.2, 0.25) is 0 Å². The number of hydrogen-bond donors (Lipinski definition) is 1. The third-order valence-corrected chi connectivity index (χ3v) is 2.92. The first kappa shape index (κ1) is 15.1. The number of nitrogens with one attached hydrogen (secondary N) is 1. The summed E-state index contributed by atoms with van der Waals surface area (Å²) in [4.78, 5) is 0. The Balaban J connectivity index is 2.78. The minimum atomic E-state index is -0.507. The SMILES string of the molecule is CCCOCCC(NC)c1c(F)ccc(C)c1F. The molecule has 102 valence electrons. The highest BCUT2D eigenvalue weighted by atomic mass is 19.1. The second-order valence-electron chi connectivity index (χ2n) is 4.33. The lowest BCUT2D eigenvalue weighted by Gasteiger charge is -2.19. The van der Waals surface area contributed by atoms with E-state index in [9.17, 15) is 8.78 Å². The molecule has 1 aromatic carbocycles. The fraction of sp³-hybridized carbons (Fsp3) is 0.571. The Labute approximate surface area is 107 Å². The monoisotopic (exact) mass is 257 g/mol. The standard InChI is InChI=1S/C14H21F2NO/c1-4-8-18-9-7-12(17-3)13-11(15)6-5-10(2)14(13)16/h5-6,12,17H,4,7-9H2,1-3H3. The summed E-state index contributed by atoms with van der Waals surface area (Å²) in [5, 5.41) is 2.94. The van der Waals surface area contributed by atoms with Gasteiger partial charge in [-0.2, -0.15) is 0 Å². The molecule has 0 aliphatic heterocycles. The van der Waals surface area contributed by atoms with E-state index in [4.69, 9.17) is 4.74 Å². The Morgan fingerprint density at radius 1 is 1.28 bits per heavy atom. The normalized spacial score (nSPS) is 12.7. The third-order valence-electron chi connectivity index (χ3n) is 2.92. The fourth-order valence-corrected chi connectivity index (χ4v) is 1.88. The van der Waals surface area contributed by atoms with E-state index in [1.54, 1.807) is 14.0 Å². The molecule has 1 unspecified atom stereocenters. The van der Waals surface area contributed by atoms with Crippen LogP contribution in [-0.4, -0.2) is 20.3 Å². The first-order valence-electron chi connectivity index (χ1n) is 6.31. The highest BCUT2D eigenvalue weighted by molar-refractivity contribution is 5.29. The van der Waals surface area contributed by atoms with E-state index >= 15 is 0 Å². The summed E-state index contributed by atoms with van der Waals surface area (Å²) >= 11 is 0. The van der Waals surface area contributed by atoms with Crippen LogP contribution in [-0.2, 0) is 4.74 Å². The number of rotatable bonds is 7. The maximum Gasteiger partial charge on any atom is 0.133 e. The van der Waals surface area contributed by atoms with Gasteiger partial charge in [0.25, 0.3) is 0 Å². The Morgan fingerprint density at radius 3 is 2.61 bits per heavy atom.